The fourth-order valence-corrected chi connectivity index (χ4v) is 3.21. The zero-order valence-corrected chi connectivity index (χ0v) is 12.9. The third-order valence-corrected chi connectivity index (χ3v) is 4.61. The molecule has 124 valence electrons. The van der Waals surface area contributed by atoms with E-state index >= 15 is 0 Å². The van der Waals surface area contributed by atoms with Crippen molar-refractivity contribution in [2.75, 3.05) is 7.11 Å². The van der Waals surface area contributed by atoms with E-state index in [-0.39, 0.29) is 11.6 Å². The number of ether oxygens (including phenoxy) is 1. The van der Waals surface area contributed by atoms with Crippen LogP contribution in [0.15, 0.2) is 16.7 Å². The second-order valence-corrected chi connectivity index (χ2v) is 6.47. The molecule has 23 heavy (non-hydrogen) atoms. The number of carbonyl (C=O) groups excluding carboxylic acids is 1. The summed E-state index contributed by atoms with van der Waals surface area (Å²) in [6.45, 7) is 0. The van der Waals surface area contributed by atoms with Crippen LogP contribution >= 0.6 is 11.3 Å². The van der Waals surface area contributed by atoms with E-state index in [9.17, 15) is 18.0 Å². The Morgan fingerprint density at radius 3 is 2.78 bits per heavy atom. The molecular formula is C14H13F3N2O3S. The number of ketones is 1. The minimum atomic E-state index is -4.68. The monoisotopic (exact) mass is 346 g/mol. The molecule has 2 aromatic rings. The minimum absolute atomic E-state index is 0.0208. The van der Waals surface area contributed by atoms with Gasteiger partial charge in [-0.2, -0.15) is 18.2 Å². The van der Waals surface area contributed by atoms with Crippen molar-refractivity contribution >= 4 is 17.1 Å². The molecule has 2 aromatic heterocycles. The molecule has 9 heteroatoms. The van der Waals surface area contributed by atoms with Gasteiger partial charge in [-0.1, -0.05) is 5.16 Å². The van der Waals surface area contributed by atoms with Gasteiger partial charge in [0.25, 0.3) is 0 Å². The number of nitrogens with zero attached hydrogens (tertiary/aromatic N) is 2. The Balaban J connectivity index is 1.78. The summed E-state index contributed by atoms with van der Waals surface area (Å²) in [7, 11) is 1.44. The highest BCUT2D eigenvalue weighted by Crippen LogP contribution is 2.38. The zero-order valence-electron chi connectivity index (χ0n) is 12.1. The van der Waals surface area contributed by atoms with Gasteiger partial charge in [-0.05, 0) is 30.9 Å². The molecular weight excluding hydrogens is 333 g/mol. The average molecular weight is 346 g/mol. The van der Waals surface area contributed by atoms with Gasteiger partial charge in [-0.3, -0.25) is 4.79 Å². The number of methoxy groups -OCH3 is 1. The lowest BCUT2D eigenvalue weighted by molar-refractivity contribution is -0.159. The molecule has 3 rings (SSSR count). The van der Waals surface area contributed by atoms with Crippen molar-refractivity contribution in [3.63, 3.8) is 0 Å². The smallest absolute Gasteiger partial charge is 0.368 e. The van der Waals surface area contributed by atoms with Crippen molar-refractivity contribution in [3.8, 4) is 10.7 Å². The normalized spacial score (nSPS) is 16.5. The molecule has 0 amide bonds. The van der Waals surface area contributed by atoms with Crippen LogP contribution in [0.2, 0.25) is 0 Å². The van der Waals surface area contributed by atoms with E-state index in [1.165, 1.54) is 7.11 Å². The predicted octanol–water partition coefficient (Wildman–Crippen LogP) is 3.87. The summed E-state index contributed by atoms with van der Waals surface area (Å²) in [4.78, 5) is 16.5. The highest BCUT2D eigenvalue weighted by atomic mass is 32.1. The summed E-state index contributed by atoms with van der Waals surface area (Å²) in [5.74, 6) is -1.13. The van der Waals surface area contributed by atoms with Crippen molar-refractivity contribution in [1.29, 1.82) is 0 Å². The standard InChI is InChI=1S/C14H13F3N2O3S/c1-21-11(8(20)6-7-2-3-7)9-4-5-10(23-9)12-18-13(22-19-12)14(15,16)17/h4-5,7,11H,2-3,6H2,1H3/t11-/m0/s1. The summed E-state index contributed by atoms with van der Waals surface area (Å²) in [5.41, 5.74) is 0. The van der Waals surface area contributed by atoms with Crippen LogP contribution in [0.4, 0.5) is 13.2 Å². The summed E-state index contributed by atoms with van der Waals surface area (Å²) < 4.78 is 46.9. The molecule has 1 saturated carbocycles. The first kappa shape index (κ1) is 16.1. The minimum Gasteiger partial charge on any atom is -0.368 e. The van der Waals surface area contributed by atoms with Gasteiger partial charge in [-0.15, -0.1) is 11.3 Å². The first-order valence-electron chi connectivity index (χ1n) is 6.95. The summed E-state index contributed by atoms with van der Waals surface area (Å²) >= 11 is 1.12. The molecule has 1 atom stereocenters. The van der Waals surface area contributed by atoms with Crippen molar-refractivity contribution < 1.29 is 27.2 Å². The lowest BCUT2D eigenvalue weighted by Crippen LogP contribution is -2.13. The molecule has 0 aromatic carbocycles. The Hall–Kier alpha value is -1.74. The highest BCUT2D eigenvalue weighted by molar-refractivity contribution is 7.15. The van der Waals surface area contributed by atoms with Crippen molar-refractivity contribution in [2.24, 2.45) is 5.92 Å². The number of halogens is 3. The molecule has 2 heterocycles. The molecule has 1 aliphatic carbocycles. The van der Waals surface area contributed by atoms with Gasteiger partial charge < -0.3 is 9.26 Å². The number of hydrogen-bond donors (Lipinski definition) is 0. The topological polar surface area (TPSA) is 65.2 Å². The van der Waals surface area contributed by atoms with Gasteiger partial charge in [-0.25, -0.2) is 0 Å². The van der Waals surface area contributed by atoms with E-state index in [2.05, 4.69) is 14.7 Å². The maximum atomic E-state index is 12.5. The van der Waals surface area contributed by atoms with Crippen LogP contribution in [0.3, 0.4) is 0 Å². The quantitative estimate of drug-likeness (QED) is 0.794. The Kier molecular flexibility index (Phi) is 4.24. The molecule has 0 saturated heterocycles. The second-order valence-electron chi connectivity index (χ2n) is 5.35. The van der Waals surface area contributed by atoms with Crippen LogP contribution in [0.25, 0.3) is 10.7 Å². The van der Waals surface area contributed by atoms with Gasteiger partial charge in [0.15, 0.2) is 5.78 Å². The molecule has 1 fully saturated rings. The van der Waals surface area contributed by atoms with Gasteiger partial charge in [0.05, 0.1) is 4.88 Å². The Morgan fingerprint density at radius 1 is 1.48 bits per heavy atom. The number of Topliss-reactive ketones (excluding diaryl/α,β-unsaturated/α-hetero) is 1. The molecule has 1 aliphatic rings. The van der Waals surface area contributed by atoms with Crippen LogP contribution in [-0.2, 0) is 15.7 Å². The van der Waals surface area contributed by atoms with Crippen molar-refractivity contribution in [2.45, 2.75) is 31.5 Å². The molecule has 0 radical (unpaired) electrons. The lowest BCUT2D eigenvalue weighted by Gasteiger charge is -2.11. The summed E-state index contributed by atoms with van der Waals surface area (Å²) in [6, 6.07) is 3.20. The van der Waals surface area contributed by atoms with Gasteiger partial charge in [0.2, 0.25) is 5.82 Å². The fourth-order valence-electron chi connectivity index (χ4n) is 2.17. The number of thiophene rings is 1. The first-order valence-corrected chi connectivity index (χ1v) is 7.76. The third-order valence-electron chi connectivity index (χ3n) is 3.49. The van der Waals surface area contributed by atoms with Crippen LogP contribution in [0.1, 0.15) is 36.1 Å². The Morgan fingerprint density at radius 2 is 2.22 bits per heavy atom. The Bertz CT molecular complexity index is 706. The van der Waals surface area contributed by atoms with Crippen molar-refractivity contribution in [1.82, 2.24) is 10.1 Å². The molecule has 0 N–H and O–H groups in total. The maximum Gasteiger partial charge on any atom is 0.471 e. The average Bonchev–Trinajstić information content (AvgIpc) is 2.98. The number of hydrogen-bond acceptors (Lipinski definition) is 6. The largest absolute Gasteiger partial charge is 0.471 e. The highest BCUT2D eigenvalue weighted by Gasteiger charge is 2.38. The molecule has 0 bridgehead atoms. The molecule has 5 nitrogen and oxygen atoms in total. The molecule has 0 aliphatic heterocycles. The van der Waals surface area contributed by atoms with Gasteiger partial charge >= 0.3 is 12.1 Å². The first-order chi connectivity index (χ1) is 10.9. The van der Waals surface area contributed by atoms with Gasteiger partial charge in [0, 0.05) is 18.4 Å². The zero-order chi connectivity index (χ0) is 16.6. The van der Waals surface area contributed by atoms with E-state index in [0.29, 0.717) is 22.1 Å². The number of alkyl halides is 3. The van der Waals surface area contributed by atoms with Crippen LogP contribution in [0, 0.1) is 5.92 Å². The van der Waals surface area contributed by atoms with E-state index in [0.717, 1.165) is 24.2 Å². The van der Waals surface area contributed by atoms with E-state index < -0.39 is 18.2 Å². The van der Waals surface area contributed by atoms with E-state index in [1.54, 1.807) is 12.1 Å². The van der Waals surface area contributed by atoms with Crippen LogP contribution < -0.4 is 0 Å². The molecule has 0 spiro atoms. The molecule has 0 unspecified atom stereocenters. The van der Waals surface area contributed by atoms with E-state index in [1.807, 2.05) is 0 Å². The Labute approximate surface area is 133 Å². The SMILES string of the molecule is CO[C@@H](C(=O)CC1CC1)c1ccc(-c2noc(C(F)(F)F)n2)s1. The summed E-state index contributed by atoms with van der Waals surface area (Å²) in [5, 5.41) is 3.33. The van der Waals surface area contributed by atoms with Crippen molar-refractivity contribution in [3.05, 3.63) is 22.9 Å². The van der Waals surface area contributed by atoms with Crippen LogP contribution in [-0.4, -0.2) is 23.0 Å². The fraction of sp³-hybridized carbons (Fsp3) is 0.500. The maximum absolute atomic E-state index is 12.5. The van der Waals surface area contributed by atoms with Gasteiger partial charge in [0.1, 0.15) is 6.10 Å². The second kappa shape index (κ2) is 6.04. The number of rotatable bonds is 6. The number of aromatic nitrogens is 2. The van der Waals surface area contributed by atoms with E-state index in [4.69, 9.17) is 4.74 Å². The number of carbonyl (C=O) groups is 1. The third kappa shape index (κ3) is 3.61. The van der Waals surface area contributed by atoms with Crippen LogP contribution in [0.5, 0.6) is 0 Å². The lowest BCUT2D eigenvalue weighted by atomic mass is 10.1. The summed E-state index contributed by atoms with van der Waals surface area (Å²) in [6.07, 6.45) is -2.81. The predicted molar refractivity (Wildman–Crippen MR) is 74.7 cm³/mol.